The van der Waals surface area contributed by atoms with Gasteiger partial charge in [-0.25, -0.2) is 0 Å². The minimum atomic E-state index is -0.659. The monoisotopic (exact) mass is 310 g/mol. The van der Waals surface area contributed by atoms with Gasteiger partial charge in [-0.15, -0.1) is 0 Å². The second-order valence-electron chi connectivity index (χ2n) is 5.22. The van der Waals surface area contributed by atoms with Crippen LogP contribution in [0.5, 0.6) is 0 Å². The van der Waals surface area contributed by atoms with Crippen LogP contribution < -0.4 is 5.32 Å². The average molecular weight is 311 g/mol. The Kier molecular flexibility index (Phi) is 4.78. The number of ether oxygens (including phenoxy) is 1. The van der Waals surface area contributed by atoms with E-state index in [0.29, 0.717) is 6.42 Å². The van der Waals surface area contributed by atoms with Gasteiger partial charge in [0.1, 0.15) is 5.54 Å². The minimum Gasteiger partial charge on any atom is -0.379 e. The molecular weight excluding hydrogens is 292 g/mol. The third kappa shape index (κ3) is 4.32. The molecule has 4 heteroatoms. The second kappa shape index (κ2) is 5.73. The summed E-state index contributed by atoms with van der Waals surface area (Å²) >= 11 is 3.39. The Labute approximate surface area is 117 Å². The predicted octanol–water partition coefficient (Wildman–Crippen LogP) is 3.96. The van der Waals surface area contributed by atoms with Crippen LogP contribution in [0.2, 0.25) is 0 Å². The highest BCUT2D eigenvalue weighted by molar-refractivity contribution is 9.10. The fraction of sp³-hybridized carbons (Fsp3) is 0.500. The lowest BCUT2D eigenvalue weighted by atomic mass is 9.88. The molecule has 1 atom stereocenters. The van der Waals surface area contributed by atoms with E-state index in [4.69, 9.17) is 4.74 Å². The Morgan fingerprint density at radius 2 is 1.83 bits per heavy atom. The summed E-state index contributed by atoms with van der Waals surface area (Å²) in [5.74, 6) is 0. The molecule has 18 heavy (non-hydrogen) atoms. The summed E-state index contributed by atoms with van der Waals surface area (Å²) in [7, 11) is 1.66. The number of hydrogen-bond donors (Lipinski definition) is 1. The van der Waals surface area contributed by atoms with Gasteiger partial charge in [-0.05, 0) is 45.0 Å². The van der Waals surface area contributed by atoms with E-state index in [9.17, 15) is 5.26 Å². The van der Waals surface area contributed by atoms with E-state index in [1.54, 1.807) is 7.11 Å². The van der Waals surface area contributed by atoms with Crippen molar-refractivity contribution in [2.24, 2.45) is 0 Å². The Hall–Kier alpha value is -1.05. The molecule has 0 aliphatic heterocycles. The minimum absolute atomic E-state index is 0.340. The summed E-state index contributed by atoms with van der Waals surface area (Å²) in [5.41, 5.74) is -0.0747. The number of benzene rings is 1. The van der Waals surface area contributed by atoms with Crippen molar-refractivity contribution in [3.05, 3.63) is 28.7 Å². The maximum atomic E-state index is 9.38. The van der Waals surface area contributed by atoms with Crippen LogP contribution in [-0.2, 0) is 4.74 Å². The number of rotatable bonds is 5. The highest BCUT2D eigenvalue weighted by atomic mass is 79.9. The summed E-state index contributed by atoms with van der Waals surface area (Å²) < 4.78 is 6.41. The SMILES string of the molecule is COC(C)(C)CC(C)(C#N)Nc1ccc(Br)cc1. The molecule has 0 aliphatic carbocycles. The van der Waals surface area contributed by atoms with Gasteiger partial charge in [0, 0.05) is 23.7 Å². The normalized spacial score (nSPS) is 14.7. The van der Waals surface area contributed by atoms with Gasteiger partial charge in [0.15, 0.2) is 0 Å². The van der Waals surface area contributed by atoms with Gasteiger partial charge in [-0.3, -0.25) is 0 Å². The first-order valence-electron chi connectivity index (χ1n) is 5.80. The van der Waals surface area contributed by atoms with E-state index >= 15 is 0 Å². The van der Waals surface area contributed by atoms with E-state index in [1.165, 1.54) is 0 Å². The molecule has 0 saturated heterocycles. The number of nitrogens with one attached hydrogen (secondary N) is 1. The number of halogens is 1. The number of nitriles is 1. The first-order chi connectivity index (χ1) is 8.30. The summed E-state index contributed by atoms with van der Waals surface area (Å²) in [6.45, 7) is 5.84. The average Bonchev–Trinajstić information content (AvgIpc) is 2.32. The molecular formula is C14H19BrN2O. The highest BCUT2D eigenvalue weighted by Gasteiger charge is 2.32. The zero-order chi connectivity index (χ0) is 13.8. The van der Waals surface area contributed by atoms with Crippen molar-refractivity contribution in [2.45, 2.75) is 38.3 Å². The molecule has 0 aromatic heterocycles. The quantitative estimate of drug-likeness (QED) is 0.895. The number of hydrogen-bond acceptors (Lipinski definition) is 3. The van der Waals surface area contributed by atoms with Crippen LogP contribution in [0.3, 0.4) is 0 Å². The van der Waals surface area contributed by atoms with Crippen molar-refractivity contribution in [3.8, 4) is 6.07 Å². The molecule has 0 bridgehead atoms. The van der Waals surface area contributed by atoms with Gasteiger partial charge in [0.2, 0.25) is 0 Å². The van der Waals surface area contributed by atoms with Crippen molar-refractivity contribution < 1.29 is 4.74 Å². The van der Waals surface area contributed by atoms with Crippen LogP contribution in [-0.4, -0.2) is 18.2 Å². The lowest BCUT2D eigenvalue weighted by Crippen LogP contribution is -2.41. The van der Waals surface area contributed by atoms with Crippen LogP contribution in [0.25, 0.3) is 0 Å². The van der Waals surface area contributed by atoms with Crippen molar-refractivity contribution in [2.75, 3.05) is 12.4 Å². The first-order valence-corrected chi connectivity index (χ1v) is 6.60. The summed E-state index contributed by atoms with van der Waals surface area (Å²) in [5, 5.41) is 12.6. The molecule has 0 aliphatic rings. The van der Waals surface area contributed by atoms with Gasteiger partial charge < -0.3 is 10.1 Å². The molecule has 0 fully saturated rings. The van der Waals surface area contributed by atoms with E-state index in [0.717, 1.165) is 10.2 Å². The van der Waals surface area contributed by atoms with Crippen LogP contribution in [0.15, 0.2) is 28.7 Å². The molecule has 1 aromatic rings. The predicted molar refractivity (Wildman–Crippen MR) is 77.5 cm³/mol. The lowest BCUT2D eigenvalue weighted by molar-refractivity contribution is 0.00725. The topological polar surface area (TPSA) is 45.0 Å². The van der Waals surface area contributed by atoms with E-state index < -0.39 is 5.54 Å². The van der Waals surface area contributed by atoms with Gasteiger partial charge >= 0.3 is 0 Å². The summed E-state index contributed by atoms with van der Waals surface area (Å²) in [6, 6.07) is 10.1. The largest absolute Gasteiger partial charge is 0.379 e. The molecule has 98 valence electrons. The van der Waals surface area contributed by atoms with Gasteiger partial charge in [0.25, 0.3) is 0 Å². The van der Waals surface area contributed by atoms with Crippen molar-refractivity contribution in [3.63, 3.8) is 0 Å². The van der Waals surface area contributed by atoms with Crippen molar-refractivity contribution in [1.29, 1.82) is 5.26 Å². The molecule has 1 N–H and O–H groups in total. The maximum Gasteiger partial charge on any atom is 0.125 e. The third-order valence-corrected chi connectivity index (χ3v) is 3.37. The Morgan fingerprint density at radius 1 is 1.28 bits per heavy atom. The fourth-order valence-electron chi connectivity index (χ4n) is 1.89. The van der Waals surface area contributed by atoms with E-state index in [2.05, 4.69) is 27.3 Å². The fourth-order valence-corrected chi connectivity index (χ4v) is 2.15. The Morgan fingerprint density at radius 3 is 2.28 bits per heavy atom. The second-order valence-corrected chi connectivity index (χ2v) is 6.13. The van der Waals surface area contributed by atoms with Crippen LogP contribution in [0.1, 0.15) is 27.2 Å². The molecule has 1 unspecified atom stereocenters. The molecule has 0 spiro atoms. The molecule has 3 nitrogen and oxygen atoms in total. The number of anilines is 1. The standard InChI is InChI=1S/C14H19BrN2O/c1-13(2,18-4)9-14(3,10-16)17-12-7-5-11(15)6-8-12/h5-8,17H,9H2,1-4H3. The maximum absolute atomic E-state index is 9.38. The molecule has 0 heterocycles. The zero-order valence-electron chi connectivity index (χ0n) is 11.2. The van der Waals surface area contributed by atoms with Crippen molar-refractivity contribution >= 4 is 21.6 Å². The Bertz CT molecular complexity index is 436. The van der Waals surface area contributed by atoms with Crippen LogP contribution in [0, 0.1) is 11.3 Å². The van der Waals surface area contributed by atoms with E-state index in [-0.39, 0.29) is 5.60 Å². The van der Waals surface area contributed by atoms with Crippen LogP contribution >= 0.6 is 15.9 Å². The van der Waals surface area contributed by atoms with E-state index in [1.807, 2.05) is 45.0 Å². The van der Waals surface area contributed by atoms with Crippen LogP contribution in [0.4, 0.5) is 5.69 Å². The smallest absolute Gasteiger partial charge is 0.125 e. The molecule has 1 aromatic carbocycles. The molecule has 0 saturated carbocycles. The summed E-state index contributed by atoms with van der Waals surface area (Å²) in [6.07, 6.45) is 0.600. The lowest BCUT2D eigenvalue weighted by Gasteiger charge is -2.33. The first kappa shape index (κ1) is 15.0. The molecule has 1 rings (SSSR count). The van der Waals surface area contributed by atoms with Gasteiger partial charge in [-0.2, -0.15) is 5.26 Å². The van der Waals surface area contributed by atoms with Gasteiger partial charge in [0.05, 0.1) is 11.7 Å². The number of methoxy groups -OCH3 is 1. The molecule has 0 amide bonds. The number of nitrogens with zero attached hydrogens (tertiary/aromatic N) is 1. The third-order valence-electron chi connectivity index (χ3n) is 2.84. The Balaban J connectivity index is 2.83. The summed E-state index contributed by atoms with van der Waals surface area (Å²) in [4.78, 5) is 0. The molecule has 0 radical (unpaired) electrons. The van der Waals surface area contributed by atoms with Crippen molar-refractivity contribution in [1.82, 2.24) is 0 Å². The zero-order valence-corrected chi connectivity index (χ0v) is 12.8. The highest BCUT2D eigenvalue weighted by Crippen LogP contribution is 2.27. The van der Waals surface area contributed by atoms with Gasteiger partial charge in [-0.1, -0.05) is 15.9 Å².